The summed E-state index contributed by atoms with van der Waals surface area (Å²) in [7, 11) is 3.88. The molecule has 0 saturated carbocycles. The standard InChI is InChI=1S/C27H25N3O2/c1-28(2)22-13-8-14-23(17-22)30-26(31)24(20-10-4-3-5-11-20)25(27(30)32)29-16-15-19-9-6-7-12-21(19)18-29/h3-14,17H,15-16,18H2,1-2H3. The topological polar surface area (TPSA) is 43.9 Å². The van der Waals surface area contributed by atoms with E-state index in [0.29, 0.717) is 30.0 Å². The van der Waals surface area contributed by atoms with Gasteiger partial charge in [-0.05, 0) is 41.3 Å². The third-order valence-electron chi connectivity index (χ3n) is 6.17. The van der Waals surface area contributed by atoms with Gasteiger partial charge in [0.25, 0.3) is 11.8 Å². The van der Waals surface area contributed by atoms with Gasteiger partial charge >= 0.3 is 0 Å². The Bertz CT molecular complexity index is 1230. The molecule has 32 heavy (non-hydrogen) atoms. The van der Waals surface area contributed by atoms with Gasteiger partial charge in [0, 0.05) is 32.9 Å². The van der Waals surface area contributed by atoms with E-state index in [0.717, 1.165) is 17.7 Å². The summed E-state index contributed by atoms with van der Waals surface area (Å²) in [6.45, 7) is 1.32. The zero-order valence-electron chi connectivity index (χ0n) is 18.3. The van der Waals surface area contributed by atoms with Crippen LogP contribution in [0.3, 0.4) is 0 Å². The molecule has 2 aliphatic heterocycles. The molecule has 5 rings (SSSR count). The van der Waals surface area contributed by atoms with E-state index in [4.69, 9.17) is 0 Å². The van der Waals surface area contributed by atoms with Crippen LogP contribution in [0.1, 0.15) is 16.7 Å². The largest absolute Gasteiger partial charge is 0.378 e. The van der Waals surface area contributed by atoms with Crippen molar-refractivity contribution in [3.8, 4) is 0 Å². The Kier molecular flexibility index (Phi) is 5.02. The average molecular weight is 424 g/mol. The second-order valence-electron chi connectivity index (χ2n) is 8.39. The Morgan fingerprint density at radius 3 is 2.25 bits per heavy atom. The molecule has 0 N–H and O–H groups in total. The van der Waals surface area contributed by atoms with E-state index < -0.39 is 0 Å². The molecule has 0 aliphatic carbocycles. The number of carbonyl (C=O) groups excluding carboxylic acids is 2. The number of anilines is 2. The van der Waals surface area contributed by atoms with E-state index in [-0.39, 0.29) is 11.8 Å². The Morgan fingerprint density at radius 1 is 0.781 bits per heavy atom. The quantitative estimate of drug-likeness (QED) is 0.593. The maximum atomic E-state index is 13.8. The number of nitrogens with zero attached hydrogens (tertiary/aromatic N) is 3. The SMILES string of the molecule is CN(C)c1cccc(N2C(=O)C(c3ccccc3)=C(N3CCc4ccccc4C3)C2=O)c1. The third kappa shape index (κ3) is 3.36. The van der Waals surface area contributed by atoms with Gasteiger partial charge in [-0.3, -0.25) is 9.59 Å². The first-order valence-corrected chi connectivity index (χ1v) is 10.8. The summed E-state index contributed by atoms with van der Waals surface area (Å²) >= 11 is 0. The molecule has 0 fully saturated rings. The monoisotopic (exact) mass is 423 g/mol. The van der Waals surface area contributed by atoms with Gasteiger partial charge in [0.2, 0.25) is 0 Å². The highest BCUT2D eigenvalue weighted by atomic mass is 16.2. The molecular weight excluding hydrogens is 398 g/mol. The van der Waals surface area contributed by atoms with Gasteiger partial charge in [0.1, 0.15) is 5.70 Å². The first-order valence-electron chi connectivity index (χ1n) is 10.8. The summed E-state index contributed by atoms with van der Waals surface area (Å²) in [4.78, 5) is 32.8. The van der Waals surface area contributed by atoms with Crippen molar-refractivity contribution in [3.05, 3.63) is 101 Å². The minimum absolute atomic E-state index is 0.260. The summed E-state index contributed by atoms with van der Waals surface area (Å²) in [5, 5.41) is 0. The summed E-state index contributed by atoms with van der Waals surface area (Å²) in [5.74, 6) is -0.532. The summed E-state index contributed by atoms with van der Waals surface area (Å²) in [6, 6.07) is 25.4. The molecule has 5 heteroatoms. The lowest BCUT2D eigenvalue weighted by Crippen LogP contribution is -2.37. The number of benzene rings is 3. The highest BCUT2D eigenvalue weighted by Crippen LogP contribution is 2.37. The minimum Gasteiger partial charge on any atom is -0.378 e. The second-order valence-corrected chi connectivity index (χ2v) is 8.39. The lowest BCUT2D eigenvalue weighted by Gasteiger charge is -2.31. The first kappa shape index (κ1) is 20.1. The fourth-order valence-corrected chi connectivity index (χ4v) is 4.51. The van der Waals surface area contributed by atoms with Gasteiger partial charge in [-0.1, -0.05) is 60.7 Å². The van der Waals surface area contributed by atoms with Gasteiger partial charge in [0.05, 0.1) is 11.3 Å². The molecule has 0 aromatic heterocycles. The van der Waals surface area contributed by atoms with Gasteiger partial charge in [-0.2, -0.15) is 0 Å². The molecule has 0 radical (unpaired) electrons. The number of rotatable bonds is 4. The summed E-state index contributed by atoms with van der Waals surface area (Å²) < 4.78 is 0. The number of imide groups is 1. The average Bonchev–Trinajstić information content (AvgIpc) is 3.09. The molecule has 0 unspecified atom stereocenters. The lowest BCUT2D eigenvalue weighted by molar-refractivity contribution is -0.120. The van der Waals surface area contributed by atoms with Gasteiger partial charge in [0.15, 0.2) is 0 Å². The van der Waals surface area contributed by atoms with E-state index in [2.05, 4.69) is 17.0 Å². The first-order chi connectivity index (χ1) is 15.5. The van der Waals surface area contributed by atoms with Crippen molar-refractivity contribution < 1.29 is 9.59 Å². The highest BCUT2D eigenvalue weighted by molar-refractivity contribution is 6.45. The van der Waals surface area contributed by atoms with Crippen LogP contribution in [-0.2, 0) is 22.6 Å². The van der Waals surface area contributed by atoms with Gasteiger partial charge < -0.3 is 9.80 Å². The maximum absolute atomic E-state index is 13.8. The number of hydrogen-bond donors (Lipinski definition) is 0. The molecule has 2 aliphatic rings. The van der Waals surface area contributed by atoms with E-state index in [1.165, 1.54) is 16.0 Å². The van der Waals surface area contributed by atoms with Crippen LogP contribution in [0.2, 0.25) is 0 Å². The smallest absolute Gasteiger partial charge is 0.282 e. The highest BCUT2D eigenvalue weighted by Gasteiger charge is 2.43. The van der Waals surface area contributed by atoms with Gasteiger partial charge in [-0.25, -0.2) is 4.90 Å². The molecule has 5 nitrogen and oxygen atoms in total. The summed E-state index contributed by atoms with van der Waals surface area (Å²) in [5.41, 5.74) is 5.77. The van der Waals surface area contributed by atoms with Crippen LogP contribution >= 0.6 is 0 Å². The lowest BCUT2D eigenvalue weighted by atomic mass is 9.98. The molecule has 0 atom stereocenters. The fraction of sp³-hybridized carbons (Fsp3) is 0.185. The fourth-order valence-electron chi connectivity index (χ4n) is 4.51. The number of carbonyl (C=O) groups is 2. The van der Waals surface area contributed by atoms with E-state index in [1.807, 2.05) is 85.7 Å². The Balaban J connectivity index is 1.60. The van der Waals surface area contributed by atoms with Gasteiger partial charge in [-0.15, -0.1) is 0 Å². The maximum Gasteiger partial charge on any atom is 0.282 e. The molecule has 3 aromatic rings. The predicted molar refractivity (Wildman–Crippen MR) is 127 cm³/mol. The van der Waals surface area contributed by atoms with Crippen molar-refractivity contribution in [2.75, 3.05) is 30.4 Å². The van der Waals surface area contributed by atoms with Crippen molar-refractivity contribution >= 4 is 28.8 Å². The molecule has 0 bridgehead atoms. The predicted octanol–water partition coefficient (Wildman–Crippen LogP) is 4.10. The number of fused-ring (bicyclic) bond motifs is 1. The van der Waals surface area contributed by atoms with Crippen molar-refractivity contribution in [1.82, 2.24) is 4.90 Å². The number of hydrogen-bond acceptors (Lipinski definition) is 4. The van der Waals surface area contributed by atoms with E-state index in [1.54, 1.807) is 0 Å². The summed E-state index contributed by atoms with van der Waals surface area (Å²) in [6.07, 6.45) is 0.847. The molecule has 160 valence electrons. The zero-order chi connectivity index (χ0) is 22.2. The van der Waals surface area contributed by atoms with E-state index >= 15 is 0 Å². The van der Waals surface area contributed by atoms with Crippen LogP contribution in [-0.4, -0.2) is 37.4 Å². The van der Waals surface area contributed by atoms with Crippen molar-refractivity contribution in [3.63, 3.8) is 0 Å². The molecule has 0 spiro atoms. The van der Waals surface area contributed by atoms with Crippen LogP contribution in [0.15, 0.2) is 84.6 Å². The van der Waals surface area contributed by atoms with E-state index in [9.17, 15) is 9.59 Å². The minimum atomic E-state index is -0.272. The zero-order valence-corrected chi connectivity index (χ0v) is 18.3. The Labute approximate surface area is 188 Å². The van der Waals surface area contributed by atoms with Crippen LogP contribution in [0.25, 0.3) is 5.57 Å². The van der Waals surface area contributed by atoms with Crippen LogP contribution in [0, 0.1) is 0 Å². The Morgan fingerprint density at radius 2 is 1.50 bits per heavy atom. The van der Waals surface area contributed by atoms with Crippen LogP contribution in [0.4, 0.5) is 11.4 Å². The third-order valence-corrected chi connectivity index (χ3v) is 6.17. The van der Waals surface area contributed by atoms with Crippen LogP contribution < -0.4 is 9.80 Å². The molecule has 2 heterocycles. The van der Waals surface area contributed by atoms with Crippen molar-refractivity contribution in [2.24, 2.45) is 0 Å². The molecular formula is C27H25N3O2. The van der Waals surface area contributed by atoms with Crippen LogP contribution in [0.5, 0.6) is 0 Å². The molecule has 3 aromatic carbocycles. The van der Waals surface area contributed by atoms with Crippen molar-refractivity contribution in [1.29, 1.82) is 0 Å². The number of amides is 2. The Hall–Kier alpha value is -3.86. The molecule has 2 amide bonds. The second kappa shape index (κ2) is 8.00. The molecule has 0 saturated heterocycles. The van der Waals surface area contributed by atoms with Crippen molar-refractivity contribution in [2.45, 2.75) is 13.0 Å². The normalized spacial score (nSPS) is 15.9.